The largest absolute Gasteiger partial charge is 0.486 e. The lowest BCUT2D eigenvalue weighted by molar-refractivity contribution is -0.130. The second-order valence-corrected chi connectivity index (χ2v) is 5.26. The fourth-order valence-corrected chi connectivity index (χ4v) is 2.49. The van der Waals surface area contributed by atoms with E-state index in [9.17, 15) is 14.3 Å². The molecule has 3 rings (SSSR count). The fourth-order valence-electron chi connectivity index (χ4n) is 2.27. The Bertz CT molecular complexity index is 781. The highest BCUT2D eigenvalue weighted by atomic mass is 35.5. The van der Waals surface area contributed by atoms with Crippen LogP contribution in [0.15, 0.2) is 36.4 Å². The van der Waals surface area contributed by atoms with Crippen molar-refractivity contribution in [1.29, 1.82) is 0 Å². The Morgan fingerprint density at radius 1 is 1.17 bits per heavy atom. The molecule has 0 fully saturated rings. The van der Waals surface area contributed by atoms with Crippen LogP contribution in [0.4, 0.5) is 4.39 Å². The Morgan fingerprint density at radius 3 is 2.61 bits per heavy atom. The molecule has 0 unspecified atom stereocenters. The molecule has 0 amide bonds. The van der Waals surface area contributed by atoms with Gasteiger partial charge in [-0.05, 0) is 35.9 Å². The van der Waals surface area contributed by atoms with Gasteiger partial charge in [-0.15, -0.1) is 0 Å². The molecular weight excluding hydrogens is 323 g/mol. The van der Waals surface area contributed by atoms with Crippen LogP contribution in [0.1, 0.15) is 11.1 Å². The number of aliphatic carboxylic acids is 1. The summed E-state index contributed by atoms with van der Waals surface area (Å²) < 4.78 is 24.7. The smallest absolute Gasteiger partial charge is 0.336 e. The minimum absolute atomic E-state index is 0.0291. The van der Waals surface area contributed by atoms with Crippen LogP contribution in [0.2, 0.25) is 5.02 Å². The minimum atomic E-state index is -1.19. The maximum atomic E-state index is 13.9. The second-order valence-electron chi connectivity index (χ2n) is 4.86. The average Bonchev–Trinajstić information content (AvgIpc) is 2.54. The molecule has 23 heavy (non-hydrogen) atoms. The van der Waals surface area contributed by atoms with Gasteiger partial charge in [0.2, 0.25) is 0 Å². The van der Waals surface area contributed by atoms with E-state index in [4.69, 9.17) is 21.1 Å². The summed E-state index contributed by atoms with van der Waals surface area (Å²) in [5, 5.41) is 9.61. The van der Waals surface area contributed by atoms with Crippen molar-refractivity contribution in [3.05, 3.63) is 58.4 Å². The zero-order chi connectivity index (χ0) is 16.4. The van der Waals surface area contributed by atoms with Crippen molar-refractivity contribution in [1.82, 2.24) is 0 Å². The third-order valence-corrected chi connectivity index (χ3v) is 3.70. The zero-order valence-electron chi connectivity index (χ0n) is 11.9. The van der Waals surface area contributed by atoms with Crippen molar-refractivity contribution < 1.29 is 23.8 Å². The Balaban J connectivity index is 2.09. The molecule has 2 aromatic carbocycles. The highest BCUT2D eigenvalue weighted by Crippen LogP contribution is 2.34. The molecule has 1 aliphatic heterocycles. The number of ether oxygens (including phenoxy) is 2. The molecule has 0 saturated heterocycles. The minimum Gasteiger partial charge on any atom is -0.486 e. The lowest BCUT2D eigenvalue weighted by Gasteiger charge is -2.19. The predicted molar refractivity (Wildman–Crippen MR) is 84.3 cm³/mol. The fraction of sp³-hybridized carbons (Fsp3) is 0.118. The summed E-state index contributed by atoms with van der Waals surface area (Å²) >= 11 is 5.96. The summed E-state index contributed by atoms with van der Waals surface area (Å²) in [6.07, 6.45) is 1.21. The summed E-state index contributed by atoms with van der Waals surface area (Å²) in [4.78, 5) is 11.6. The van der Waals surface area contributed by atoms with E-state index >= 15 is 0 Å². The van der Waals surface area contributed by atoms with Gasteiger partial charge >= 0.3 is 5.97 Å². The molecular formula is C17H12ClFO4. The van der Waals surface area contributed by atoms with E-state index in [0.29, 0.717) is 30.3 Å². The van der Waals surface area contributed by atoms with E-state index in [2.05, 4.69) is 0 Å². The van der Waals surface area contributed by atoms with Gasteiger partial charge in [0.05, 0.1) is 10.6 Å². The SMILES string of the molecule is O=C(O)/C(=C\c1c(F)cccc1Cl)c1ccc2c(c1)OCCO2. The molecule has 118 valence electrons. The normalized spacial score (nSPS) is 13.7. The Labute approximate surface area is 136 Å². The molecule has 2 aromatic rings. The first kappa shape index (κ1) is 15.4. The highest BCUT2D eigenvalue weighted by molar-refractivity contribution is 6.33. The number of hydrogen-bond donors (Lipinski definition) is 1. The molecule has 0 saturated carbocycles. The third kappa shape index (κ3) is 3.14. The Hall–Kier alpha value is -2.53. The molecule has 0 aliphatic carbocycles. The van der Waals surface area contributed by atoms with Crippen LogP contribution >= 0.6 is 11.6 Å². The van der Waals surface area contributed by atoms with Crippen LogP contribution < -0.4 is 9.47 Å². The predicted octanol–water partition coefficient (Wildman–Crippen LogP) is 3.88. The van der Waals surface area contributed by atoms with Crippen molar-refractivity contribution in [2.45, 2.75) is 0 Å². The van der Waals surface area contributed by atoms with Crippen LogP contribution in [0.5, 0.6) is 11.5 Å². The Kier molecular flexibility index (Phi) is 4.21. The standard InChI is InChI=1S/C17H12ClFO4/c18-13-2-1-3-14(19)12(13)9-11(17(20)21)10-4-5-15-16(8-10)23-7-6-22-15/h1-5,8-9H,6-7H2,(H,20,21)/b11-9-. The van der Waals surface area contributed by atoms with Gasteiger partial charge in [0.15, 0.2) is 11.5 Å². The molecule has 6 heteroatoms. The number of carboxylic acid groups (broad SMARTS) is 1. The molecule has 0 radical (unpaired) electrons. The summed E-state index contributed by atoms with van der Waals surface area (Å²) in [5.74, 6) is -0.774. The van der Waals surface area contributed by atoms with Gasteiger partial charge in [0, 0.05) is 5.56 Å². The molecule has 0 atom stereocenters. The Morgan fingerprint density at radius 2 is 1.91 bits per heavy atom. The van der Waals surface area contributed by atoms with Crippen LogP contribution in [0.3, 0.4) is 0 Å². The summed E-state index contributed by atoms with van der Waals surface area (Å²) in [6, 6.07) is 8.95. The average molecular weight is 335 g/mol. The highest BCUT2D eigenvalue weighted by Gasteiger charge is 2.18. The maximum absolute atomic E-state index is 13.9. The van der Waals surface area contributed by atoms with Gasteiger partial charge < -0.3 is 14.6 Å². The van der Waals surface area contributed by atoms with E-state index in [1.807, 2.05) is 0 Å². The van der Waals surface area contributed by atoms with Gasteiger partial charge in [-0.2, -0.15) is 0 Å². The summed E-state index contributed by atoms with van der Waals surface area (Å²) in [7, 11) is 0. The lowest BCUT2D eigenvalue weighted by atomic mass is 10.0. The summed E-state index contributed by atoms with van der Waals surface area (Å²) in [6.45, 7) is 0.834. The molecule has 4 nitrogen and oxygen atoms in total. The molecule has 0 bridgehead atoms. The number of rotatable bonds is 3. The van der Waals surface area contributed by atoms with Crippen LogP contribution in [0, 0.1) is 5.82 Å². The molecule has 1 N–H and O–H groups in total. The van der Waals surface area contributed by atoms with E-state index < -0.39 is 11.8 Å². The lowest BCUT2D eigenvalue weighted by Crippen LogP contribution is -2.15. The van der Waals surface area contributed by atoms with Crippen LogP contribution in [-0.4, -0.2) is 24.3 Å². The second kappa shape index (κ2) is 6.30. The number of halogens is 2. The van der Waals surface area contributed by atoms with Gasteiger partial charge in [-0.25, -0.2) is 9.18 Å². The monoisotopic (exact) mass is 334 g/mol. The van der Waals surface area contributed by atoms with Crippen molar-refractivity contribution in [3.63, 3.8) is 0 Å². The first-order valence-corrected chi connectivity index (χ1v) is 7.23. The molecule has 0 spiro atoms. The number of carbonyl (C=O) groups is 1. The quantitative estimate of drug-likeness (QED) is 0.683. The van der Waals surface area contributed by atoms with Gasteiger partial charge in [0.1, 0.15) is 19.0 Å². The third-order valence-electron chi connectivity index (χ3n) is 3.37. The van der Waals surface area contributed by atoms with E-state index in [-0.39, 0.29) is 16.2 Å². The van der Waals surface area contributed by atoms with Crippen molar-refractivity contribution >= 4 is 29.2 Å². The number of fused-ring (bicyclic) bond motifs is 1. The van der Waals surface area contributed by atoms with Gasteiger partial charge in [0.25, 0.3) is 0 Å². The molecule has 1 aliphatic rings. The van der Waals surface area contributed by atoms with Gasteiger partial charge in [-0.1, -0.05) is 23.7 Å². The van der Waals surface area contributed by atoms with Crippen LogP contribution in [0.25, 0.3) is 11.6 Å². The maximum Gasteiger partial charge on any atom is 0.336 e. The first-order chi connectivity index (χ1) is 11.1. The van der Waals surface area contributed by atoms with Gasteiger partial charge in [-0.3, -0.25) is 0 Å². The van der Waals surface area contributed by atoms with Crippen molar-refractivity contribution in [3.8, 4) is 11.5 Å². The number of benzene rings is 2. The molecule has 0 aromatic heterocycles. The number of carboxylic acids is 1. The van der Waals surface area contributed by atoms with Crippen LogP contribution in [-0.2, 0) is 4.79 Å². The summed E-state index contributed by atoms with van der Waals surface area (Å²) in [5.41, 5.74) is 0.316. The van der Waals surface area contributed by atoms with Crippen molar-refractivity contribution in [2.75, 3.05) is 13.2 Å². The van der Waals surface area contributed by atoms with E-state index in [1.54, 1.807) is 18.2 Å². The first-order valence-electron chi connectivity index (χ1n) is 6.85. The van der Waals surface area contributed by atoms with Crippen molar-refractivity contribution in [2.24, 2.45) is 0 Å². The van der Waals surface area contributed by atoms with E-state index in [1.165, 1.54) is 24.3 Å². The zero-order valence-corrected chi connectivity index (χ0v) is 12.6. The van der Waals surface area contributed by atoms with E-state index in [0.717, 1.165) is 0 Å². The topological polar surface area (TPSA) is 55.8 Å². The molecule has 1 heterocycles. The number of hydrogen-bond acceptors (Lipinski definition) is 3.